The molecular formula is C20H30N4O5. The van der Waals surface area contributed by atoms with E-state index >= 15 is 0 Å². The van der Waals surface area contributed by atoms with E-state index in [0.29, 0.717) is 58.5 Å². The van der Waals surface area contributed by atoms with E-state index < -0.39 is 5.54 Å². The number of urea groups is 1. The van der Waals surface area contributed by atoms with Gasteiger partial charge in [0.1, 0.15) is 11.6 Å². The van der Waals surface area contributed by atoms with E-state index in [1.54, 1.807) is 9.80 Å². The fraction of sp³-hybridized carbons (Fsp3) is 0.800. The van der Waals surface area contributed by atoms with E-state index in [2.05, 4.69) is 5.32 Å². The van der Waals surface area contributed by atoms with Gasteiger partial charge in [0.25, 0.3) is 11.8 Å². The number of nitrogens with zero attached hydrogens (tertiary/aromatic N) is 3. The molecule has 1 aliphatic carbocycles. The van der Waals surface area contributed by atoms with Crippen LogP contribution in [-0.4, -0.2) is 89.4 Å². The molecule has 29 heavy (non-hydrogen) atoms. The third-order valence-corrected chi connectivity index (χ3v) is 6.62. The van der Waals surface area contributed by atoms with E-state index in [9.17, 15) is 19.2 Å². The van der Waals surface area contributed by atoms with Crippen LogP contribution in [-0.2, 0) is 19.1 Å². The topological polar surface area (TPSA) is 99.3 Å². The van der Waals surface area contributed by atoms with Crippen molar-refractivity contribution in [3.8, 4) is 0 Å². The second-order valence-corrected chi connectivity index (χ2v) is 8.49. The zero-order valence-corrected chi connectivity index (χ0v) is 16.9. The molecule has 1 spiro atoms. The van der Waals surface area contributed by atoms with Crippen LogP contribution in [0.1, 0.15) is 51.4 Å². The average molecular weight is 406 g/mol. The first-order chi connectivity index (χ1) is 14.0. The monoisotopic (exact) mass is 406 g/mol. The van der Waals surface area contributed by atoms with Crippen molar-refractivity contribution in [2.45, 2.75) is 63.0 Å². The summed E-state index contributed by atoms with van der Waals surface area (Å²) >= 11 is 0. The van der Waals surface area contributed by atoms with Crippen molar-refractivity contribution in [2.75, 3.05) is 39.3 Å². The molecule has 3 aliphatic heterocycles. The number of carbonyl (C=O) groups excluding carboxylic acids is 4. The van der Waals surface area contributed by atoms with E-state index in [1.165, 1.54) is 4.90 Å². The highest BCUT2D eigenvalue weighted by atomic mass is 16.5. The van der Waals surface area contributed by atoms with Gasteiger partial charge in [-0.1, -0.05) is 12.8 Å². The van der Waals surface area contributed by atoms with Crippen LogP contribution >= 0.6 is 0 Å². The Morgan fingerprint density at radius 1 is 1.03 bits per heavy atom. The van der Waals surface area contributed by atoms with Crippen LogP contribution in [0.2, 0.25) is 0 Å². The Bertz CT molecular complexity index is 676. The van der Waals surface area contributed by atoms with Crippen molar-refractivity contribution in [1.82, 2.24) is 20.0 Å². The maximum atomic E-state index is 12.6. The van der Waals surface area contributed by atoms with Gasteiger partial charge in [0.2, 0.25) is 5.91 Å². The summed E-state index contributed by atoms with van der Waals surface area (Å²) < 4.78 is 5.46. The lowest BCUT2D eigenvalue weighted by molar-refractivity contribution is -0.146. The molecule has 0 bridgehead atoms. The average Bonchev–Trinajstić information content (AvgIpc) is 3.46. The largest absolute Gasteiger partial charge is 0.368 e. The van der Waals surface area contributed by atoms with Gasteiger partial charge >= 0.3 is 6.03 Å². The van der Waals surface area contributed by atoms with Gasteiger partial charge in [0.15, 0.2) is 0 Å². The molecule has 160 valence electrons. The summed E-state index contributed by atoms with van der Waals surface area (Å²) in [6, 6.07) is -0.328. The zero-order valence-electron chi connectivity index (χ0n) is 16.9. The Morgan fingerprint density at radius 2 is 1.72 bits per heavy atom. The van der Waals surface area contributed by atoms with Gasteiger partial charge in [-0.3, -0.25) is 19.3 Å². The summed E-state index contributed by atoms with van der Waals surface area (Å²) in [7, 11) is 0. The highest BCUT2D eigenvalue weighted by Gasteiger charge is 2.52. The minimum Gasteiger partial charge on any atom is -0.368 e. The normalized spacial score (nSPS) is 26.5. The van der Waals surface area contributed by atoms with Crippen molar-refractivity contribution in [1.29, 1.82) is 0 Å². The number of ether oxygens (including phenoxy) is 1. The lowest BCUT2D eigenvalue weighted by atomic mass is 9.98. The molecule has 0 aromatic carbocycles. The van der Waals surface area contributed by atoms with Gasteiger partial charge in [-0.25, -0.2) is 4.79 Å². The predicted octanol–water partition coefficient (Wildman–Crippen LogP) is 0.481. The van der Waals surface area contributed by atoms with Crippen LogP contribution in [0.3, 0.4) is 0 Å². The van der Waals surface area contributed by atoms with Gasteiger partial charge in [0, 0.05) is 45.8 Å². The summed E-state index contributed by atoms with van der Waals surface area (Å²) in [5.74, 6) is -0.0837. The fourth-order valence-corrected chi connectivity index (χ4v) is 4.90. The zero-order chi connectivity index (χ0) is 20.4. The van der Waals surface area contributed by atoms with Gasteiger partial charge in [-0.2, -0.15) is 0 Å². The maximum absolute atomic E-state index is 12.6. The molecule has 4 aliphatic rings. The summed E-state index contributed by atoms with van der Waals surface area (Å²) in [4.78, 5) is 54.5. The summed E-state index contributed by atoms with van der Waals surface area (Å²) in [6.07, 6.45) is 5.48. The third kappa shape index (κ3) is 3.97. The standard InChI is InChI=1S/C20H30N4O5/c25-16(22-10-12-23(13-11-22)17(26)15-5-4-14-29-15)6-3-9-24-18(27)20(21-19(24)28)7-1-2-8-20/h15H,1-14H2,(H,21,28). The van der Waals surface area contributed by atoms with Crippen molar-refractivity contribution >= 4 is 23.8 Å². The van der Waals surface area contributed by atoms with Crippen molar-refractivity contribution in [2.24, 2.45) is 0 Å². The van der Waals surface area contributed by atoms with Gasteiger partial charge in [0.05, 0.1) is 0 Å². The number of hydrogen-bond donors (Lipinski definition) is 1. The minimum absolute atomic E-state index is 0.0110. The molecule has 0 aromatic rings. The number of rotatable bonds is 5. The van der Waals surface area contributed by atoms with E-state index in [1.807, 2.05) is 0 Å². The van der Waals surface area contributed by atoms with Crippen LogP contribution in [0.5, 0.6) is 0 Å². The molecule has 5 amide bonds. The van der Waals surface area contributed by atoms with Gasteiger partial charge in [-0.05, 0) is 32.1 Å². The highest BCUT2D eigenvalue weighted by molar-refractivity contribution is 6.07. The van der Waals surface area contributed by atoms with E-state index in [-0.39, 0.29) is 36.4 Å². The first-order valence-electron chi connectivity index (χ1n) is 10.8. The Kier molecular flexibility index (Phi) is 5.76. The molecule has 1 saturated carbocycles. The summed E-state index contributed by atoms with van der Waals surface area (Å²) in [5.41, 5.74) is -0.688. The lowest BCUT2D eigenvalue weighted by Crippen LogP contribution is -2.52. The smallest absolute Gasteiger partial charge is 0.325 e. The highest BCUT2D eigenvalue weighted by Crippen LogP contribution is 2.35. The molecule has 3 heterocycles. The molecule has 9 nitrogen and oxygen atoms in total. The number of hydrogen-bond acceptors (Lipinski definition) is 5. The third-order valence-electron chi connectivity index (χ3n) is 6.62. The second-order valence-electron chi connectivity index (χ2n) is 8.49. The Morgan fingerprint density at radius 3 is 2.38 bits per heavy atom. The SMILES string of the molecule is O=C(CCCN1C(=O)NC2(CCCC2)C1=O)N1CCN(C(=O)C2CCCO2)CC1. The molecular weight excluding hydrogens is 376 g/mol. The quantitative estimate of drug-likeness (QED) is 0.670. The van der Waals surface area contributed by atoms with Gasteiger partial charge in [-0.15, -0.1) is 0 Å². The molecule has 4 rings (SSSR count). The van der Waals surface area contributed by atoms with Crippen LogP contribution in [0.15, 0.2) is 0 Å². The Labute approximate surface area is 170 Å². The molecule has 4 fully saturated rings. The fourth-order valence-electron chi connectivity index (χ4n) is 4.90. The molecule has 1 atom stereocenters. The number of nitrogens with one attached hydrogen (secondary N) is 1. The molecule has 0 radical (unpaired) electrons. The maximum Gasteiger partial charge on any atom is 0.325 e. The minimum atomic E-state index is -0.688. The van der Waals surface area contributed by atoms with E-state index in [4.69, 9.17) is 4.74 Å². The molecule has 1 N–H and O–H groups in total. The number of imide groups is 1. The number of piperazine rings is 1. The summed E-state index contributed by atoms with van der Waals surface area (Å²) in [5, 5.41) is 2.86. The van der Waals surface area contributed by atoms with Crippen molar-refractivity contribution in [3.05, 3.63) is 0 Å². The molecule has 9 heteroatoms. The van der Waals surface area contributed by atoms with Crippen molar-refractivity contribution in [3.63, 3.8) is 0 Å². The summed E-state index contributed by atoms with van der Waals surface area (Å²) in [6.45, 7) is 3.01. The lowest BCUT2D eigenvalue weighted by Gasteiger charge is -2.35. The predicted molar refractivity (Wildman–Crippen MR) is 103 cm³/mol. The number of carbonyl (C=O) groups is 4. The number of amides is 5. The molecule has 0 aromatic heterocycles. The first kappa shape index (κ1) is 20.1. The molecule has 3 saturated heterocycles. The van der Waals surface area contributed by atoms with Crippen molar-refractivity contribution < 1.29 is 23.9 Å². The van der Waals surface area contributed by atoms with Crippen LogP contribution in [0.25, 0.3) is 0 Å². The van der Waals surface area contributed by atoms with Crippen LogP contribution in [0.4, 0.5) is 4.79 Å². The first-order valence-corrected chi connectivity index (χ1v) is 10.8. The van der Waals surface area contributed by atoms with Crippen LogP contribution in [0, 0.1) is 0 Å². The van der Waals surface area contributed by atoms with Crippen LogP contribution < -0.4 is 5.32 Å². The second kappa shape index (κ2) is 8.30. The Balaban J connectivity index is 1.19. The molecule has 1 unspecified atom stereocenters. The van der Waals surface area contributed by atoms with E-state index in [0.717, 1.165) is 25.7 Å². The van der Waals surface area contributed by atoms with Gasteiger partial charge < -0.3 is 19.9 Å². The Hall–Kier alpha value is -2.16.